The highest BCUT2D eigenvalue weighted by atomic mass is 16.5. The Morgan fingerprint density at radius 2 is 2.20 bits per heavy atom. The molecule has 2 aromatic rings. The number of nitrogens with one attached hydrogen (secondary N) is 1. The number of aryl methyl sites for hydroxylation is 2. The first kappa shape index (κ1) is 17.5. The Hall–Kier alpha value is -2.34. The van der Waals surface area contributed by atoms with Gasteiger partial charge >= 0.3 is 0 Å². The van der Waals surface area contributed by atoms with Crippen molar-refractivity contribution >= 4 is 5.91 Å². The second kappa shape index (κ2) is 7.70. The second-order valence-corrected chi connectivity index (χ2v) is 6.40. The van der Waals surface area contributed by atoms with E-state index in [0.29, 0.717) is 17.9 Å². The van der Waals surface area contributed by atoms with Crippen molar-refractivity contribution in [2.24, 2.45) is 0 Å². The number of ether oxygens (including phenoxy) is 2. The smallest absolute Gasteiger partial charge is 0.255 e. The zero-order valence-electron chi connectivity index (χ0n) is 14.9. The number of nitrogens with zero attached hydrogens (tertiary/aromatic N) is 1. The van der Waals surface area contributed by atoms with Crippen LogP contribution in [0.15, 0.2) is 28.8 Å². The highest BCUT2D eigenvalue weighted by Gasteiger charge is 2.25. The summed E-state index contributed by atoms with van der Waals surface area (Å²) in [6.07, 6.45) is 2.10. The fourth-order valence-corrected chi connectivity index (χ4v) is 3.01. The predicted molar refractivity (Wildman–Crippen MR) is 92.7 cm³/mol. The van der Waals surface area contributed by atoms with Gasteiger partial charge in [-0.2, -0.15) is 0 Å². The van der Waals surface area contributed by atoms with E-state index in [1.165, 1.54) is 0 Å². The van der Waals surface area contributed by atoms with Crippen LogP contribution in [0.1, 0.15) is 47.1 Å². The van der Waals surface area contributed by atoms with Crippen molar-refractivity contribution in [2.75, 3.05) is 6.61 Å². The van der Waals surface area contributed by atoms with Crippen LogP contribution in [0.4, 0.5) is 0 Å². The first-order valence-corrected chi connectivity index (χ1v) is 8.62. The number of benzene rings is 1. The molecule has 0 bridgehead atoms. The summed E-state index contributed by atoms with van der Waals surface area (Å²) in [7, 11) is 0. The number of hydrogen-bond donors (Lipinski definition) is 1. The molecule has 1 aliphatic heterocycles. The van der Waals surface area contributed by atoms with Crippen LogP contribution in [0, 0.1) is 13.8 Å². The SMILES string of the molecule is Cc1noc(C)c1COc1ccccc1C(=O)N[C@H](C)[C@H]1CCCO1. The summed E-state index contributed by atoms with van der Waals surface area (Å²) >= 11 is 0. The fraction of sp³-hybridized carbons (Fsp3) is 0.474. The summed E-state index contributed by atoms with van der Waals surface area (Å²) in [5.74, 6) is 1.11. The zero-order chi connectivity index (χ0) is 17.8. The standard InChI is InChI=1S/C19H24N2O4/c1-12-16(14(3)25-21-12)11-24-18-8-5-4-7-15(18)19(22)20-13(2)17-9-6-10-23-17/h4-5,7-8,13,17H,6,9-11H2,1-3H3,(H,20,22)/t13-,17-/m1/s1. The van der Waals surface area contributed by atoms with E-state index in [0.717, 1.165) is 36.5 Å². The van der Waals surface area contributed by atoms with Gasteiger partial charge in [-0.1, -0.05) is 17.3 Å². The lowest BCUT2D eigenvalue weighted by atomic mass is 10.1. The second-order valence-electron chi connectivity index (χ2n) is 6.40. The van der Waals surface area contributed by atoms with E-state index in [1.54, 1.807) is 12.1 Å². The number of para-hydroxylation sites is 1. The van der Waals surface area contributed by atoms with Crippen LogP contribution in [0.5, 0.6) is 5.75 Å². The van der Waals surface area contributed by atoms with Crippen molar-refractivity contribution in [2.45, 2.75) is 52.4 Å². The largest absolute Gasteiger partial charge is 0.488 e. The van der Waals surface area contributed by atoms with E-state index >= 15 is 0 Å². The minimum absolute atomic E-state index is 0.0365. The number of aromatic nitrogens is 1. The highest BCUT2D eigenvalue weighted by Crippen LogP contribution is 2.22. The minimum atomic E-state index is -0.155. The summed E-state index contributed by atoms with van der Waals surface area (Å²) in [5.41, 5.74) is 2.22. The van der Waals surface area contributed by atoms with E-state index < -0.39 is 0 Å². The number of carbonyl (C=O) groups is 1. The third kappa shape index (κ3) is 4.02. The van der Waals surface area contributed by atoms with Gasteiger partial charge in [-0.05, 0) is 45.7 Å². The molecule has 134 valence electrons. The van der Waals surface area contributed by atoms with Crippen molar-refractivity contribution in [3.05, 3.63) is 46.8 Å². The number of amides is 1. The van der Waals surface area contributed by atoms with Gasteiger partial charge in [0.25, 0.3) is 5.91 Å². The normalized spacial score (nSPS) is 18.1. The molecule has 3 rings (SSSR count). The highest BCUT2D eigenvalue weighted by molar-refractivity contribution is 5.97. The summed E-state index contributed by atoms with van der Waals surface area (Å²) in [4.78, 5) is 12.7. The van der Waals surface area contributed by atoms with Crippen LogP contribution in [-0.4, -0.2) is 29.8 Å². The molecule has 0 unspecified atom stereocenters. The monoisotopic (exact) mass is 344 g/mol. The summed E-state index contributed by atoms with van der Waals surface area (Å²) in [5, 5.41) is 6.94. The molecular weight excluding hydrogens is 320 g/mol. The van der Waals surface area contributed by atoms with Crippen molar-refractivity contribution in [1.29, 1.82) is 0 Å². The maximum atomic E-state index is 12.7. The first-order chi connectivity index (χ1) is 12.1. The predicted octanol–water partition coefficient (Wildman–Crippen LogP) is 3.17. The molecule has 6 nitrogen and oxygen atoms in total. The maximum Gasteiger partial charge on any atom is 0.255 e. The molecule has 0 spiro atoms. The lowest BCUT2D eigenvalue weighted by Gasteiger charge is -2.20. The van der Waals surface area contributed by atoms with E-state index in [9.17, 15) is 4.79 Å². The Kier molecular flexibility index (Phi) is 5.38. The van der Waals surface area contributed by atoms with Crippen LogP contribution in [0.3, 0.4) is 0 Å². The molecule has 1 aromatic heterocycles. The summed E-state index contributed by atoms with van der Waals surface area (Å²) in [6.45, 7) is 6.77. The molecule has 1 amide bonds. The minimum Gasteiger partial charge on any atom is -0.488 e. The Labute approximate surface area is 147 Å². The average Bonchev–Trinajstić information content (AvgIpc) is 3.24. The van der Waals surface area contributed by atoms with Gasteiger partial charge in [0.15, 0.2) is 0 Å². The molecule has 2 atom stereocenters. The summed E-state index contributed by atoms with van der Waals surface area (Å²) in [6, 6.07) is 7.20. The lowest BCUT2D eigenvalue weighted by molar-refractivity contribution is 0.0710. The molecule has 0 radical (unpaired) electrons. The van der Waals surface area contributed by atoms with Crippen molar-refractivity contribution in [3.8, 4) is 5.75 Å². The zero-order valence-corrected chi connectivity index (χ0v) is 14.9. The van der Waals surface area contributed by atoms with E-state index in [1.807, 2.05) is 32.9 Å². The molecule has 1 aliphatic rings. The molecular formula is C19H24N2O4. The van der Waals surface area contributed by atoms with Crippen molar-refractivity contribution in [3.63, 3.8) is 0 Å². The van der Waals surface area contributed by atoms with E-state index in [4.69, 9.17) is 14.0 Å². The quantitative estimate of drug-likeness (QED) is 0.871. The van der Waals surface area contributed by atoms with E-state index in [-0.39, 0.29) is 18.1 Å². The number of rotatable bonds is 6. The first-order valence-electron chi connectivity index (χ1n) is 8.62. The molecule has 6 heteroatoms. The number of carbonyl (C=O) groups excluding carboxylic acids is 1. The van der Waals surface area contributed by atoms with Crippen LogP contribution in [0.25, 0.3) is 0 Å². The van der Waals surface area contributed by atoms with E-state index in [2.05, 4.69) is 10.5 Å². The van der Waals surface area contributed by atoms with Crippen molar-refractivity contribution in [1.82, 2.24) is 10.5 Å². The molecule has 0 aliphatic carbocycles. The third-order valence-electron chi connectivity index (χ3n) is 4.57. The van der Waals surface area contributed by atoms with Gasteiger partial charge in [-0.15, -0.1) is 0 Å². The van der Waals surface area contributed by atoms with Gasteiger partial charge in [-0.3, -0.25) is 4.79 Å². The molecule has 1 saturated heterocycles. The van der Waals surface area contributed by atoms with Crippen LogP contribution in [0.2, 0.25) is 0 Å². The van der Waals surface area contributed by atoms with Gasteiger partial charge in [0, 0.05) is 6.61 Å². The molecule has 0 saturated carbocycles. The average molecular weight is 344 g/mol. The molecule has 25 heavy (non-hydrogen) atoms. The van der Waals surface area contributed by atoms with Gasteiger partial charge in [0.05, 0.1) is 29.0 Å². The van der Waals surface area contributed by atoms with Crippen molar-refractivity contribution < 1.29 is 18.8 Å². The summed E-state index contributed by atoms with van der Waals surface area (Å²) < 4.78 is 16.7. The Balaban J connectivity index is 1.68. The Morgan fingerprint density at radius 1 is 1.40 bits per heavy atom. The molecule has 2 heterocycles. The van der Waals surface area contributed by atoms with Gasteiger partial charge in [0.1, 0.15) is 18.1 Å². The lowest BCUT2D eigenvalue weighted by Crippen LogP contribution is -2.40. The van der Waals surface area contributed by atoms with Crippen LogP contribution in [-0.2, 0) is 11.3 Å². The molecule has 1 N–H and O–H groups in total. The van der Waals surface area contributed by atoms with Gasteiger partial charge < -0.3 is 19.3 Å². The fourth-order valence-electron chi connectivity index (χ4n) is 3.01. The van der Waals surface area contributed by atoms with Crippen LogP contribution >= 0.6 is 0 Å². The maximum absolute atomic E-state index is 12.7. The van der Waals surface area contributed by atoms with Gasteiger partial charge in [-0.25, -0.2) is 0 Å². The Bertz CT molecular complexity index is 715. The van der Waals surface area contributed by atoms with Gasteiger partial charge in [0.2, 0.25) is 0 Å². The molecule has 1 aromatic carbocycles. The molecule has 1 fully saturated rings. The Morgan fingerprint density at radius 3 is 2.88 bits per heavy atom. The third-order valence-corrected chi connectivity index (χ3v) is 4.57. The topological polar surface area (TPSA) is 73.6 Å². The van der Waals surface area contributed by atoms with Crippen LogP contribution < -0.4 is 10.1 Å². The number of hydrogen-bond acceptors (Lipinski definition) is 5.